The minimum absolute atomic E-state index is 0.102. The fraction of sp³-hybridized carbons (Fsp3) is 0.938. The predicted octanol–water partition coefficient (Wildman–Crippen LogP) is 18.0. The third kappa shape index (κ3) is 56.6. The zero-order valence-electron chi connectivity index (χ0n) is 54.2. The zero-order valence-corrected chi connectivity index (χ0v) is 56.0. The molecule has 0 aliphatic heterocycles. The number of phosphoric acid groups is 2. The van der Waals surface area contributed by atoms with Gasteiger partial charge in [-0.2, -0.15) is 0 Å². The van der Waals surface area contributed by atoms with Gasteiger partial charge in [-0.1, -0.05) is 273 Å². The van der Waals surface area contributed by atoms with Crippen molar-refractivity contribution < 1.29 is 80.2 Å². The van der Waals surface area contributed by atoms with Crippen molar-refractivity contribution in [3.8, 4) is 0 Å². The van der Waals surface area contributed by atoms with Crippen molar-refractivity contribution in [2.75, 3.05) is 39.6 Å². The van der Waals surface area contributed by atoms with Crippen LogP contribution in [-0.4, -0.2) is 96.7 Å². The number of ether oxygens (including phenoxy) is 4. The Morgan fingerprint density at radius 3 is 0.845 bits per heavy atom. The second-order valence-electron chi connectivity index (χ2n) is 24.0. The third-order valence-corrected chi connectivity index (χ3v) is 17.6. The van der Waals surface area contributed by atoms with Crippen molar-refractivity contribution in [2.45, 2.75) is 342 Å². The molecule has 17 nitrogen and oxygen atoms in total. The van der Waals surface area contributed by atoms with Gasteiger partial charge >= 0.3 is 39.5 Å². The maximum Gasteiger partial charge on any atom is 0.472 e. The van der Waals surface area contributed by atoms with Crippen LogP contribution in [0.15, 0.2) is 0 Å². The van der Waals surface area contributed by atoms with Crippen molar-refractivity contribution in [1.29, 1.82) is 0 Å². The van der Waals surface area contributed by atoms with Gasteiger partial charge in [0.25, 0.3) is 0 Å². The average molecular weight is 1240 g/mol. The number of unbranched alkanes of at least 4 members (excludes halogenated alkanes) is 32. The van der Waals surface area contributed by atoms with Gasteiger partial charge in [0.2, 0.25) is 0 Å². The number of esters is 4. The molecule has 19 heteroatoms. The summed E-state index contributed by atoms with van der Waals surface area (Å²) in [6, 6.07) is 0. The van der Waals surface area contributed by atoms with Crippen LogP contribution in [0.3, 0.4) is 0 Å². The molecular formula is C65H126O17P2. The van der Waals surface area contributed by atoms with Gasteiger partial charge in [0.05, 0.1) is 26.4 Å². The molecule has 0 aromatic heterocycles. The lowest BCUT2D eigenvalue weighted by Gasteiger charge is -2.21. The fourth-order valence-corrected chi connectivity index (χ4v) is 11.2. The molecule has 0 rings (SSSR count). The minimum Gasteiger partial charge on any atom is -0.462 e. The van der Waals surface area contributed by atoms with Gasteiger partial charge in [-0.3, -0.25) is 37.3 Å². The van der Waals surface area contributed by atoms with E-state index in [1.54, 1.807) is 0 Å². The Labute approximate surface area is 511 Å². The highest BCUT2D eigenvalue weighted by atomic mass is 31.2. The van der Waals surface area contributed by atoms with E-state index in [-0.39, 0.29) is 25.7 Å². The van der Waals surface area contributed by atoms with Gasteiger partial charge in [-0.15, -0.1) is 0 Å². The molecule has 0 amide bonds. The topological polar surface area (TPSA) is 237 Å². The molecule has 0 bridgehead atoms. The maximum absolute atomic E-state index is 13.0. The molecule has 0 saturated heterocycles. The predicted molar refractivity (Wildman–Crippen MR) is 335 cm³/mol. The maximum atomic E-state index is 13.0. The Bertz CT molecular complexity index is 1650. The summed E-state index contributed by atoms with van der Waals surface area (Å²) in [5.41, 5.74) is 0. The van der Waals surface area contributed by atoms with Gasteiger partial charge in [-0.05, 0) is 37.5 Å². The highest BCUT2D eigenvalue weighted by Gasteiger charge is 2.30. The standard InChI is InChI=1S/C65H126O17P2/c1-7-11-13-15-16-17-18-19-20-21-22-27-30-37-43-49-64(69)81-61(54-76-63(68)48-42-36-29-26-24-23-25-28-34-39-45-57(5)9-3)56-80-84(73,74)78-52-59(66)51-77-83(71,72)79-55-60(53-75-62(67)47-41-33-14-12-8-2)82-65(70)50-44-38-32-31-35-40-46-58(6)10-4/h57-61,66H,7-56H2,1-6H3,(H,71,72)(H,73,74)/t57?,58?,59-,60+,61+/m0/s1. The van der Waals surface area contributed by atoms with E-state index in [9.17, 15) is 43.2 Å². The molecule has 0 heterocycles. The van der Waals surface area contributed by atoms with E-state index in [1.165, 1.54) is 135 Å². The van der Waals surface area contributed by atoms with Crippen molar-refractivity contribution in [3.63, 3.8) is 0 Å². The fourth-order valence-electron chi connectivity index (χ4n) is 9.64. The van der Waals surface area contributed by atoms with Crippen LogP contribution in [0.5, 0.6) is 0 Å². The molecule has 7 atom stereocenters. The molecule has 0 saturated carbocycles. The van der Waals surface area contributed by atoms with E-state index in [2.05, 4.69) is 41.5 Å². The zero-order chi connectivity index (χ0) is 62.2. The van der Waals surface area contributed by atoms with Gasteiger partial charge < -0.3 is 33.8 Å². The number of phosphoric ester groups is 2. The Morgan fingerprint density at radius 1 is 0.333 bits per heavy atom. The summed E-state index contributed by atoms with van der Waals surface area (Å²) >= 11 is 0. The molecule has 3 N–H and O–H groups in total. The summed E-state index contributed by atoms with van der Waals surface area (Å²) in [5.74, 6) is -0.614. The first kappa shape index (κ1) is 82.1. The molecular weight excluding hydrogens is 1110 g/mol. The summed E-state index contributed by atoms with van der Waals surface area (Å²) in [7, 11) is -9.88. The highest BCUT2D eigenvalue weighted by Crippen LogP contribution is 2.45. The Hall–Kier alpha value is -1.94. The Balaban J connectivity index is 5.19. The number of carbonyl (C=O) groups excluding carboxylic acids is 4. The van der Waals surface area contributed by atoms with Gasteiger partial charge in [0.15, 0.2) is 12.2 Å². The second kappa shape index (κ2) is 57.5. The first-order valence-electron chi connectivity index (χ1n) is 34.1. The Morgan fingerprint density at radius 2 is 0.571 bits per heavy atom. The second-order valence-corrected chi connectivity index (χ2v) is 26.9. The SMILES string of the molecule is CCCCCCCCCCCCCCCCCC(=O)O[C@H](COC(=O)CCCCCCCCCCCCC(C)CC)COP(=O)(O)OC[C@@H](O)COP(=O)(O)OC[C@@H](COC(=O)CCCCCCC)OC(=O)CCCCCCCCC(C)CC. The van der Waals surface area contributed by atoms with E-state index in [0.29, 0.717) is 25.7 Å². The average Bonchev–Trinajstić information content (AvgIpc) is 3.58. The first-order chi connectivity index (χ1) is 40.4. The smallest absolute Gasteiger partial charge is 0.462 e. The lowest BCUT2D eigenvalue weighted by atomic mass is 9.99. The monoisotopic (exact) mass is 1240 g/mol. The summed E-state index contributed by atoms with van der Waals surface area (Å²) in [6.07, 6.45) is 40.6. The normalized spacial score (nSPS) is 14.9. The number of aliphatic hydroxyl groups excluding tert-OH is 1. The summed E-state index contributed by atoms with van der Waals surface area (Å²) in [5, 5.41) is 10.5. The van der Waals surface area contributed by atoms with Gasteiger partial charge in [0, 0.05) is 25.7 Å². The van der Waals surface area contributed by atoms with Crippen molar-refractivity contribution in [1.82, 2.24) is 0 Å². The largest absolute Gasteiger partial charge is 0.472 e. The molecule has 0 aliphatic carbocycles. The van der Waals surface area contributed by atoms with Crippen LogP contribution >= 0.6 is 15.6 Å². The van der Waals surface area contributed by atoms with Crippen LogP contribution in [0.4, 0.5) is 0 Å². The third-order valence-electron chi connectivity index (χ3n) is 15.7. The molecule has 4 unspecified atom stereocenters. The molecule has 0 aromatic rings. The number of carbonyl (C=O) groups is 4. The molecule has 0 fully saturated rings. The summed E-state index contributed by atoms with van der Waals surface area (Å²) < 4.78 is 67.9. The van der Waals surface area contributed by atoms with Gasteiger partial charge in [-0.25, -0.2) is 9.13 Å². The van der Waals surface area contributed by atoms with Crippen molar-refractivity contribution in [2.24, 2.45) is 11.8 Å². The van der Waals surface area contributed by atoms with Crippen LogP contribution in [0.2, 0.25) is 0 Å². The summed E-state index contributed by atoms with van der Waals surface area (Å²) in [4.78, 5) is 72.0. The van der Waals surface area contributed by atoms with E-state index < -0.39 is 97.5 Å². The van der Waals surface area contributed by atoms with E-state index >= 15 is 0 Å². The van der Waals surface area contributed by atoms with Crippen LogP contribution in [0, 0.1) is 11.8 Å². The van der Waals surface area contributed by atoms with Crippen LogP contribution in [-0.2, 0) is 65.4 Å². The molecule has 84 heavy (non-hydrogen) atoms. The van der Waals surface area contributed by atoms with E-state index in [0.717, 1.165) is 108 Å². The minimum atomic E-state index is -4.95. The van der Waals surface area contributed by atoms with Crippen LogP contribution < -0.4 is 0 Å². The highest BCUT2D eigenvalue weighted by molar-refractivity contribution is 7.47. The van der Waals surface area contributed by atoms with Crippen molar-refractivity contribution >= 4 is 39.5 Å². The lowest BCUT2D eigenvalue weighted by molar-refractivity contribution is -0.161. The molecule has 0 aromatic carbocycles. The molecule has 0 aliphatic rings. The van der Waals surface area contributed by atoms with Crippen molar-refractivity contribution in [3.05, 3.63) is 0 Å². The number of rotatable bonds is 64. The molecule has 0 spiro atoms. The van der Waals surface area contributed by atoms with E-state index in [1.807, 2.05) is 0 Å². The van der Waals surface area contributed by atoms with Gasteiger partial charge in [0.1, 0.15) is 19.3 Å². The number of hydrogen-bond donors (Lipinski definition) is 3. The first-order valence-corrected chi connectivity index (χ1v) is 37.1. The number of aliphatic hydroxyl groups is 1. The molecule has 0 radical (unpaired) electrons. The Kier molecular flexibility index (Phi) is 56.2. The lowest BCUT2D eigenvalue weighted by Crippen LogP contribution is -2.30. The van der Waals surface area contributed by atoms with E-state index in [4.69, 9.17) is 37.0 Å². The molecule has 498 valence electrons. The number of hydrogen-bond acceptors (Lipinski definition) is 15. The van der Waals surface area contributed by atoms with Crippen LogP contribution in [0.25, 0.3) is 0 Å². The summed E-state index contributed by atoms with van der Waals surface area (Å²) in [6.45, 7) is 9.40. The quantitative estimate of drug-likeness (QED) is 0.0222. The van der Waals surface area contributed by atoms with Crippen LogP contribution in [0.1, 0.15) is 324 Å².